The standard InChI is InChI=1S/C9H15ClN4O2S/c1-14-12-9(11-13-14)4-8(5-10)7-2-3-17(15,16)6-7/h7-8H,2-6H2,1H3. The number of aryl methyl sites for hydroxylation is 1. The number of aromatic nitrogens is 4. The van der Waals surface area contributed by atoms with Crippen LogP contribution in [0.5, 0.6) is 0 Å². The van der Waals surface area contributed by atoms with Crippen molar-refractivity contribution in [2.24, 2.45) is 18.9 Å². The third kappa shape index (κ3) is 3.16. The minimum Gasteiger partial charge on any atom is -0.229 e. The molecule has 1 aromatic rings. The van der Waals surface area contributed by atoms with Crippen LogP contribution >= 0.6 is 11.6 Å². The molecule has 0 aromatic carbocycles. The summed E-state index contributed by atoms with van der Waals surface area (Å²) in [5.74, 6) is 1.81. The average molecular weight is 279 g/mol. The third-order valence-corrected chi connectivity index (χ3v) is 5.32. The van der Waals surface area contributed by atoms with E-state index in [1.807, 2.05) is 0 Å². The van der Waals surface area contributed by atoms with Gasteiger partial charge in [0.15, 0.2) is 15.7 Å². The van der Waals surface area contributed by atoms with Gasteiger partial charge < -0.3 is 0 Å². The van der Waals surface area contributed by atoms with Crippen molar-refractivity contribution in [3.05, 3.63) is 5.82 Å². The van der Waals surface area contributed by atoms with Crippen LogP contribution in [-0.2, 0) is 23.3 Å². The molecule has 0 radical (unpaired) electrons. The molecule has 1 aromatic heterocycles. The van der Waals surface area contributed by atoms with Crippen LogP contribution in [0.15, 0.2) is 0 Å². The van der Waals surface area contributed by atoms with Crippen molar-refractivity contribution in [3.63, 3.8) is 0 Å². The van der Waals surface area contributed by atoms with Crippen molar-refractivity contribution in [2.45, 2.75) is 12.8 Å². The van der Waals surface area contributed by atoms with Crippen LogP contribution in [0.1, 0.15) is 12.2 Å². The van der Waals surface area contributed by atoms with E-state index in [-0.39, 0.29) is 23.3 Å². The number of rotatable bonds is 4. The molecule has 2 unspecified atom stereocenters. The summed E-state index contributed by atoms with van der Waals surface area (Å²) in [5.41, 5.74) is 0. The Morgan fingerprint density at radius 2 is 2.35 bits per heavy atom. The molecule has 1 saturated heterocycles. The quantitative estimate of drug-likeness (QED) is 0.727. The summed E-state index contributed by atoms with van der Waals surface area (Å²) in [7, 11) is -1.16. The van der Waals surface area contributed by atoms with Crippen molar-refractivity contribution >= 4 is 21.4 Å². The molecule has 1 aliphatic heterocycles. The second kappa shape index (κ2) is 4.89. The first-order valence-electron chi connectivity index (χ1n) is 5.49. The number of tetrazole rings is 1. The van der Waals surface area contributed by atoms with Crippen LogP contribution in [0.2, 0.25) is 0 Å². The van der Waals surface area contributed by atoms with Crippen LogP contribution in [0.4, 0.5) is 0 Å². The van der Waals surface area contributed by atoms with Crippen molar-refractivity contribution in [2.75, 3.05) is 17.4 Å². The van der Waals surface area contributed by atoms with Crippen molar-refractivity contribution in [1.82, 2.24) is 20.2 Å². The van der Waals surface area contributed by atoms with Gasteiger partial charge in [-0.15, -0.1) is 21.8 Å². The van der Waals surface area contributed by atoms with Crippen molar-refractivity contribution in [3.8, 4) is 0 Å². The zero-order valence-electron chi connectivity index (χ0n) is 9.58. The summed E-state index contributed by atoms with van der Waals surface area (Å²) in [6.45, 7) is 0. The lowest BCUT2D eigenvalue weighted by molar-refractivity contribution is 0.390. The van der Waals surface area contributed by atoms with E-state index in [1.165, 1.54) is 4.80 Å². The molecule has 2 rings (SSSR count). The molecule has 1 fully saturated rings. The number of nitrogens with zero attached hydrogens (tertiary/aromatic N) is 4. The minimum atomic E-state index is -2.86. The molecule has 8 heteroatoms. The lowest BCUT2D eigenvalue weighted by atomic mass is 9.90. The molecule has 17 heavy (non-hydrogen) atoms. The molecular formula is C9H15ClN4O2S. The van der Waals surface area contributed by atoms with E-state index in [1.54, 1.807) is 7.05 Å². The Bertz CT molecular complexity index is 487. The molecule has 2 atom stereocenters. The first-order valence-corrected chi connectivity index (χ1v) is 7.85. The lowest BCUT2D eigenvalue weighted by Crippen LogP contribution is -2.21. The number of hydrogen-bond donors (Lipinski definition) is 0. The predicted octanol–water partition coefficient (Wildman–Crippen LogP) is 0.0423. The summed E-state index contributed by atoms with van der Waals surface area (Å²) < 4.78 is 22.9. The van der Waals surface area contributed by atoms with Gasteiger partial charge in [0.1, 0.15) is 0 Å². The molecule has 0 spiro atoms. The maximum atomic E-state index is 11.4. The van der Waals surface area contributed by atoms with Crippen LogP contribution in [0, 0.1) is 11.8 Å². The number of halogens is 1. The van der Waals surface area contributed by atoms with E-state index in [0.29, 0.717) is 24.5 Å². The third-order valence-electron chi connectivity index (χ3n) is 3.13. The van der Waals surface area contributed by atoms with Crippen LogP contribution < -0.4 is 0 Å². The van der Waals surface area contributed by atoms with Gasteiger partial charge in [-0.2, -0.15) is 4.80 Å². The Labute approximate surface area is 105 Å². The van der Waals surface area contributed by atoms with Gasteiger partial charge in [-0.25, -0.2) is 8.42 Å². The second-order valence-corrected chi connectivity index (χ2v) is 7.01. The normalized spacial score (nSPS) is 24.9. The fraction of sp³-hybridized carbons (Fsp3) is 0.889. The molecule has 0 N–H and O–H groups in total. The van der Waals surface area contributed by atoms with Crippen LogP contribution in [0.3, 0.4) is 0 Å². The molecule has 96 valence electrons. The topological polar surface area (TPSA) is 77.7 Å². The smallest absolute Gasteiger partial charge is 0.175 e. The Morgan fingerprint density at radius 1 is 1.59 bits per heavy atom. The highest BCUT2D eigenvalue weighted by Gasteiger charge is 2.33. The van der Waals surface area contributed by atoms with Gasteiger partial charge >= 0.3 is 0 Å². The fourth-order valence-electron chi connectivity index (χ4n) is 2.18. The fourth-order valence-corrected chi connectivity index (χ4v) is 4.46. The summed E-state index contributed by atoms with van der Waals surface area (Å²) in [5, 5.41) is 11.8. The van der Waals surface area contributed by atoms with E-state index in [0.717, 1.165) is 0 Å². The van der Waals surface area contributed by atoms with E-state index >= 15 is 0 Å². The highest BCUT2D eigenvalue weighted by atomic mass is 35.5. The molecule has 2 heterocycles. The van der Waals surface area contributed by atoms with Gasteiger partial charge in [0.2, 0.25) is 0 Å². The molecule has 1 aliphatic rings. The van der Waals surface area contributed by atoms with Gasteiger partial charge in [-0.05, 0) is 23.5 Å². The zero-order chi connectivity index (χ0) is 12.5. The largest absolute Gasteiger partial charge is 0.229 e. The van der Waals surface area contributed by atoms with Crippen LogP contribution in [-0.4, -0.2) is 46.0 Å². The molecular weight excluding hydrogens is 264 g/mol. The maximum absolute atomic E-state index is 11.4. The van der Waals surface area contributed by atoms with E-state index < -0.39 is 9.84 Å². The highest BCUT2D eigenvalue weighted by molar-refractivity contribution is 7.91. The van der Waals surface area contributed by atoms with Gasteiger partial charge in [-0.1, -0.05) is 0 Å². The minimum absolute atomic E-state index is 0.109. The Kier molecular flexibility index (Phi) is 3.67. The van der Waals surface area contributed by atoms with Gasteiger partial charge in [0.05, 0.1) is 18.6 Å². The summed E-state index contributed by atoms with van der Waals surface area (Å²) in [6, 6.07) is 0. The SMILES string of the molecule is Cn1nnc(CC(CCl)C2CCS(=O)(=O)C2)n1. The van der Waals surface area contributed by atoms with Crippen molar-refractivity contribution < 1.29 is 8.42 Å². The van der Waals surface area contributed by atoms with Gasteiger partial charge in [0, 0.05) is 12.3 Å². The summed E-state index contributed by atoms with van der Waals surface area (Å²) >= 11 is 5.92. The number of sulfone groups is 1. The molecule has 0 bridgehead atoms. The zero-order valence-corrected chi connectivity index (χ0v) is 11.2. The number of alkyl halides is 1. The van der Waals surface area contributed by atoms with E-state index in [9.17, 15) is 8.42 Å². The van der Waals surface area contributed by atoms with Crippen molar-refractivity contribution in [1.29, 1.82) is 0 Å². The molecule has 0 aliphatic carbocycles. The van der Waals surface area contributed by atoms with E-state index in [2.05, 4.69) is 15.4 Å². The monoisotopic (exact) mass is 278 g/mol. The summed E-state index contributed by atoms with van der Waals surface area (Å²) in [6.07, 6.45) is 1.29. The Balaban J connectivity index is 2.02. The first kappa shape index (κ1) is 12.8. The lowest BCUT2D eigenvalue weighted by Gasteiger charge is -2.17. The highest BCUT2D eigenvalue weighted by Crippen LogP contribution is 2.28. The van der Waals surface area contributed by atoms with E-state index in [4.69, 9.17) is 11.6 Å². The first-order chi connectivity index (χ1) is 8.00. The predicted molar refractivity (Wildman–Crippen MR) is 63.5 cm³/mol. The molecule has 0 amide bonds. The van der Waals surface area contributed by atoms with Gasteiger partial charge in [0.25, 0.3) is 0 Å². The Morgan fingerprint density at radius 3 is 2.82 bits per heavy atom. The number of hydrogen-bond acceptors (Lipinski definition) is 5. The Hall–Kier alpha value is -0.690. The van der Waals surface area contributed by atoms with Crippen LogP contribution in [0.25, 0.3) is 0 Å². The van der Waals surface area contributed by atoms with Gasteiger partial charge in [-0.3, -0.25) is 0 Å². The summed E-state index contributed by atoms with van der Waals surface area (Å²) in [4.78, 5) is 1.39. The average Bonchev–Trinajstić information content (AvgIpc) is 2.81. The second-order valence-electron chi connectivity index (χ2n) is 4.48. The maximum Gasteiger partial charge on any atom is 0.175 e. The molecule has 6 nitrogen and oxygen atoms in total. The molecule has 0 saturated carbocycles.